The van der Waals surface area contributed by atoms with Gasteiger partial charge in [0, 0.05) is 6.04 Å². The maximum Gasteiger partial charge on any atom is 0.258 e. The fourth-order valence-corrected chi connectivity index (χ4v) is 1.64. The van der Waals surface area contributed by atoms with Gasteiger partial charge in [-0.1, -0.05) is 18.2 Å². The monoisotopic (exact) mass is 221 g/mol. The summed E-state index contributed by atoms with van der Waals surface area (Å²) in [6, 6.07) is 9.33. The maximum atomic E-state index is 11.4. The number of benzene rings is 1. The molecule has 0 heterocycles. The lowest BCUT2D eigenvalue weighted by Gasteiger charge is -2.31. The van der Waals surface area contributed by atoms with E-state index in [1.807, 2.05) is 18.2 Å². The zero-order valence-corrected chi connectivity index (χ0v) is 8.93. The normalized spacial score (nSPS) is 23.3. The van der Waals surface area contributed by atoms with E-state index >= 15 is 0 Å². The lowest BCUT2D eigenvalue weighted by Crippen LogP contribution is -2.48. The third kappa shape index (κ3) is 2.97. The van der Waals surface area contributed by atoms with Crippen LogP contribution in [-0.2, 0) is 4.79 Å². The smallest absolute Gasteiger partial charge is 0.258 e. The van der Waals surface area contributed by atoms with Gasteiger partial charge >= 0.3 is 0 Å². The van der Waals surface area contributed by atoms with Gasteiger partial charge in [-0.15, -0.1) is 0 Å². The number of carbonyl (C=O) groups is 1. The van der Waals surface area contributed by atoms with Crippen LogP contribution in [0.4, 0.5) is 0 Å². The molecule has 1 aliphatic rings. The van der Waals surface area contributed by atoms with Crippen molar-refractivity contribution >= 4 is 5.91 Å². The number of carbonyl (C=O) groups excluding carboxylic acids is 1. The van der Waals surface area contributed by atoms with Gasteiger partial charge in [-0.3, -0.25) is 4.79 Å². The lowest BCUT2D eigenvalue weighted by atomic mass is 9.89. The highest BCUT2D eigenvalue weighted by molar-refractivity contribution is 5.77. The Morgan fingerprint density at radius 2 is 2.06 bits per heavy atom. The molecule has 4 nitrogen and oxygen atoms in total. The van der Waals surface area contributed by atoms with Crippen molar-refractivity contribution in [3.05, 3.63) is 30.3 Å². The second-order valence-corrected chi connectivity index (χ2v) is 3.99. The van der Waals surface area contributed by atoms with Crippen LogP contribution in [0.2, 0.25) is 0 Å². The Morgan fingerprint density at radius 3 is 2.69 bits per heavy atom. The van der Waals surface area contributed by atoms with Crippen LogP contribution in [0.15, 0.2) is 30.3 Å². The molecule has 1 aromatic rings. The van der Waals surface area contributed by atoms with Crippen LogP contribution < -0.4 is 10.1 Å². The summed E-state index contributed by atoms with van der Waals surface area (Å²) in [5, 5.41) is 11.8. The summed E-state index contributed by atoms with van der Waals surface area (Å²) in [4.78, 5) is 11.4. The summed E-state index contributed by atoms with van der Waals surface area (Å²) < 4.78 is 5.29. The van der Waals surface area contributed by atoms with E-state index in [4.69, 9.17) is 9.84 Å². The lowest BCUT2D eigenvalue weighted by molar-refractivity contribution is -0.125. The quantitative estimate of drug-likeness (QED) is 0.787. The molecule has 0 saturated heterocycles. The fraction of sp³-hybridized carbons (Fsp3) is 0.417. The molecule has 2 rings (SSSR count). The third-order valence-electron chi connectivity index (χ3n) is 2.59. The number of nitrogens with one attached hydrogen (secondary N) is 1. The van der Waals surface area contributed by atoms with Gasteiger partial charge in [0.05, 0.1) is 6.10 Å². The zero-order valence-electron chi connectivity index (χ0n) is 8.93. The molecular weight excluding hydrogens is 206 g/mol. The SMILES string of the molecule is O=C(COc1ccccc1)NC1CC(O)C1. The molecule has 0 bridgehead atoms. The van der Waals surface area contributed by atoms with Crippen LogP contribution in [0.25, 0.3) is 0 Å². The molecule has 1 aliphatic carbocycles. The number of para-hydroxylation sites is 1. The standard InChI is InChI=1S/C12H15NO3/c14-10-6-9(7-10)13-12(15)8-16-11-4-2-1-3-5-11/h1-5,9-10,14H,6-8H2,(H,13,15). The Hall–Kier alpha value is -1.55. The minimum Gasteiger partial charge on any atom is -0.484 e. The second-order valence-electron chi connectivity index (χ2n) is 3.99. The molecule has 4 heteroatoms. The predicted octanol–water partition coefficient (Wildman–Crippen LogP) is 0.705. The first kappa shape index (κ1) is 11.0. The summed E-state index contributed by atoms with van der Waals surface area (Å²) >= 11 is 0. The largest absolute Gasteiger partial charge is 0.484 e. The van der Waals surface area contributed by atoms with E-state index in [1.54, 1.807) is 12.1 Å². The number of amides is 1. The van der Waals surface area contributed by atoms with Crippen molar-refractivity contribution in [1.29, 1.82) is 0 Å². The van der Waals surface area contributed by atoms with E-state index in [9.17, 15) is 4.79 Å². The molecule has 0 unspecified atom stereocenters. The van der Waals surface area contributed by atoms with Crippen molar-refractivity contribution in [2.75, 3.05) is 6.61 Å². The Morgan fingerprint density at radius 1 is 1.38 bits per heavy atom. The number of ether oxygens (including phenoxy) is 1. The third-order valence-corrected chi connectivity index (χ3v) is 2.59. The van der Waals surface area contributed by atoms with Crippen molar-refractivity contribution in [3.8, 4) is 5.75 Å². The van der Waals surface area contributed by atoms with E-state index in [1.165, 1.54) is 0 Å². The average Bonchev–Trinajstić information content (AvgIpc) is 2.26. The van der Waals surface area contributed by atoms with Gasteiger partial charge < -0.3 is 15.2 Å². The summed E-state index contributed by atoms with van der Waals surface area (Å²) in [5.41, 5.74) is 0. The van der Waals surface area contributed by atoms with Gasteiger partial charge in [-0.25, -0.2) is 0 Å². The van der Waals surface area contributed by atoms with Gasteiger partial charge in [0.2, 0.25) is 0 Å². The summed E-state index contributed by atoms with van der Waals surface area (Å²) in [5.74, 6) is 0.548. The number of aliphatic hydroxyl groups excluding tert-OH is 1. The van der Waals surface area contributed by atoms with Crippen molar-refractivity contribution in [1.82, 2.24) is 5.32 Å². The van der Waals surface area contributed by atoms with E-state index < -0.39 is 0 Å². The van der Waals surface area contributed by atoms with Crippen LogP contribution in [0.1, 0.15) is 12.8 Å². The van der Waals surface area contributed by atoms with Gasteiger partial charge in [-0.05, 0) is 25.0 Å². The van der Waals surface area contributed by atoms with Gasteiger partial charge in [0.25, 0.3) is 5.91 Å². The predicted molar refractivity (Wildman–Crippen MR) is 59.1 cm³/mol. The zero-order chi connectivity index (χ0) is 11.4. The van der Waals surface area contributed by atoms with Crippen LogP contribution in [0.3, 0.4) is 0 Å². The molecule has 1 fully saturated rings. The van der Waals surface area contributed by atoms with Gasteiger partial charge in [0.1, 0.15) is 5.75 Å². The van der Waals surface area contributed by atoms with Crippen molar-refractivity contribution in [2.24, 2.45) is 0 Å². The maximum absolute atomic E-state index is 11.4. The van der Waals surface area contributed by atoms with Gasteiger partial charge in [0.15, 0.2) is 6.61 Å². The molecule has 0 aromatic heterocycles. The second kappa shape index (κ2) is 4.99. The number of hydrogen-bond acceptors (Lipinski definition) is 3. The molecule has 16 heavy (non-hydrogen) atoms. The molecule has 1 aromatic carbocycles. The summed E-state index contributed by atoms with van der Waals surface area (Å²) in [6.07, 6.45) is 1.05. The molecule has 2 N–H and O–H groups in total. The van der Waals surface area contributed by atoms with E-state index in [2.05, 4.69) is 5.32 Å². The van der Waals surface area contributed by atoms with Crippen LogP contribution in [-0.4, -0.2) is 29.8 Å². The first-order valence-electron chi connectivity index (χ1n) is 5.39. The van der Waals surface area contributed by atoms with Crippen LogP contribution >= 0.6 is 0 Å². The highest BCUT2D eigenvalue weighted by Gasteiger charge is 2.28. The first-order chi connectivity index (χ1) is 7.74. The highest BCUT2D eigenvalue weighted by Crippen LogP contribution is 2.19. The summed E-state index contributed by atoms with van der Waals surface area (Å²) in [7, 11) is 0. The van der Waals surface area contributed by atoms with E-state index in [0.29, 0.717) is 18.6 Å². The van der Waals surface area contributed by atoms with Crippen LogP contribution in [0, 0.1) is 0 Å². The molecular formula is C12H15NO3. The van der Waals surface area contributed by atoms with E-state index in [0.717, 1.165) is 0 Å². The van der Waals surface area contributed by atoms with E-state index in [-0.39, 0.29) is 24.7 Å². The number of rotatable bonds is 4. The minimum absolute atomic E-state index is 0.0244. The Kier molecular flexibility index (Phi) is 3.41. The number of aliphatic hydroxyl groups is 1. The number of hydrogen-bond donors (Lipinski definition) is 2. The molecule has 0 atom stereocenters. The first-order valence-corrected chi connectivity index (χ1v) is 5.39. The molecule has 0 spiro atoms. The fourth-order valence-electron chi connectivity index (χ4n) is 1.64. The topological polar surface area (TPSA) is 58.6 Å². The van der Waals surface area contributed by atoms with Crippen LogP contribution in [0.5, 0.6) is 5.75 Å². The molecule has 86 valence electrons. The van der Waals surface area contributed by atoms with Crippen molar-refractivity contribution in [2.45, 2.75) is 25.0 Å². The molecule has 0 radical (unpaired) electrons. The molecule has 1 amide bonds. The Balaban J connectivity index is 1.68. The van der Waals surface area contributed by atoms with Gasteiger partial charge in [-0.2, -0.15) is 0 Å². The highest BCUT2D eigenvalue weighted by atomic mass is 16.5. The molecule has 0 aliphatic heterocycles. The molecule has 1 saturated carbocycles. The minimum atomic E-state index is -0.250. The van der Waals surface area contributed by atoms with Crippen molar-refractivity contribution in [3.63, 3.8) is 0 Å². The Bertz CT molecular complexity index is 347. The average molecular weight is 221 g/mol. The Labute approximate surface area is 94.2 Å². The summed E-state index contributed by atoms with van der Waals surface area (Å²) in [6.45, 7) is 0.0244. The van der Waals surface area contributed by atoms with Crippen molar-refractivity contribution < 1.29 is 14.6 Å².